The number of aliphatic hydroxyl groups excluding tert-OH is 1. The van der Waals surface area contributed by atoms with Crippen molar-refractivity contribution in [1.29, 1.82) is 0 Å². The van der Waals surface area contributed by atoms with Crippen molar-refractivity contribution in [3.8, 4) is 0 Å². The van der Waals surface area contributed by atoms with Gasteiger partial charge in [-0.1, -0.05) is 36.8 Å². The number of hydrogen-bond acceptors (Lipinski definition) is 2. The second-order valence-corrected chi connectivity index (χ2v) is 5.10. The fraction of sp³-hybridized carbons (Fsp3) is 0.600. The quantitative estimate of drug-likeness (QED) is 0.864. The molecule has 1 saturated heterocycles. The molecular formula is C15H23NO. The fourth-order valence-electron chi connectivity index (χ4n) is 2.62. The van der Waals surface area contributed by atoms with Crippen LogP contribution in [0.15, 0.2) is 30.3 Å². The number of nitrogens with zero attached hydrogens (tertiary/aromatic N) is 1. The topological polar surface area (TPSA) is 23.5 Å². The van der Waals surface area contributed by atoms with Crippen LogP contribution in [0.4, 0.5) is 0 Å². The Balaban J connectivity index is 1.81. The van der Waals surface area contributed by atoms with E-state index in [1.807, 2.05) is 30.3 Å². The van der Waals surface area contributed by atoms with Crippen LogP contribution >= 0.6 is 0 Å². The summed E-state index contributed by atoms with van der Waals surface area (Å²) in [4.78, 5) is 2.51. The lowest BCUT2D eigenvalue weighted by atomic mass is 10.0. The molecule has 17 heavy (non-hydrogen) atoms. The Morgan fingerprint density at radius 3 is 2.76 bits per heavy atom. The molecule has 1 aliphatic heterocycles. The van der Waals surface area contributed by atoms with Gasteiger partial charge in [-0.3, -0.25) is 0 Å². The molecule has 0 spiro atoms. The molecule has 2 atom stereocenters. The molecule has 2 nitrogen and oxygen atoms in total. The van der Waals surface area contributed by atoms with Crippen molar-refractivity contribution in [3.05, 3.63) is 35.9 Å². The van der Waals surface area contributed by atoms with Crippen molar-refractivity contribution in [1.82, 2.24) is 4.90 Å². The second-order valence-electron chi connectivity index (χ2n) is 5.10. The van der Waals surface area contributed by atoms with E-state index in [0.29, 0.717) is 6.04 Å². The predicted octanol–water partition coefficient (Wildman–Crippen LogP) is 2.98. The molecule has 94 valence electrons. The summed E-state index contributed by atoms with van der Waals surface area (Å²) >= 11 is 0. The van der Waals surface area contributed by atoms with Crippen molar-refractivity contribution in [2.75, 3.05) is 13.1 Å². The first-order chi connectivity index (χ1) is 8.27. The summed E-state index contributed by atoms with van der Waals surface area (Å²) in [6.45, 7) is 4.51. The zero-order chi connectivity index (χ0) is 12.1. The van der Waals surface area contributed by atoms with Gasteiger partial charge in [-0.05, 0) is 38.3 Å². The normalized spacial score (nSPS) is 23.5. The molecule has 0 saturated carbocycles. The van der Waals surface area contributed by atoms with Gasteiger partial charge < -0.3 is 10.0 Å². The van der Waals surface area contributed by atoms with E-state index in [0.717, 1.165) is 18.5 Å². The summed E-state index contributed by atoms with van der Waals surface area (Å²) < 4.78 is 0. The number of benzene rings is 1. The SMILES string of the molecule is C[C@@H]1CCCCN1CC[C@@H](O)c1ccccc1. The van der Waals surface area contributed by atoms with Gasteiger partial charge >= 0.3 is 0 Å². The van der Waals surface area contributed by atoms with E-state index < -0.39 is 0 Å². The maximum absolute atomic E-state index is 10.1. The summed E-state index contributed by atoms with van der Waals surface area (Å²) in [5, 5.41) is 10.1. The van der Waals surface area contributed by atoms with Crippen LogP contribution < -0.4 is 0 Å². The average Bonchev–Trinajstić information content (AvgIpc) is 2.38. The Morgan fingerprint density at radius 2 is 2.06 bits per heavy atom. The molecule has 0 amide bonds. The first kappa shape index (κ1) is 12.6. The van der Waals surface area contributed by atoms with Gasteiger partial charge in [-0.2, -0.15) is 0 Å². The first-order valence-corrected chi connectivity index (χ1v) is 6.74. The van der Waals surface area contributed by atoms with Crippen LogP contribution in [0.25, 0.3) is 0 Å². The number of aliphatic hydroxyl groups is 1. The molecule has 1 heterocycles. The Bertz CT molecular complexity index is 325. The van der Waals surface area contributed by atoms with Gasteiger partial charge in [0.2, 0.25) is 0 Å². The predicted molar refractivity (Wildman–Crippen MR) is 70.9 cm³/mol. The molecule has 1 N–H and O–H groups in total. The minimum absolute atomic E-state index is 0.315. The maximum atomic E-state index is 10.1. The maximum Gasteiger partial charge on any atom is 0.0802 e. The summed E-state index contributed by atoms with van der Waals surface area (Å²) in [5.41, 5.74) is 1.04. The number of hydrogen-bond donors (Lipinski definition) is 1. The minimum Gasteiger partial charge on any atom is -0.388 e. The third-order valence-electron chi connectivity index (χ3n) is 3.81. The highest BCUT2D eigenvalue weighted by Gasteiger charge is 2.18. The lowest BCUT2D eigenvalue weighted by Gasteiger charge is -2.33. The zero-order valence-corrected chi connectivity index (χ0v) is 10.7. The third kappa shape index (κ3) is 3.55. The van der Waals surface area contributed by atoms with Crippen LogP contribution in [0.2, 0.25) is 0 Å². The van der Waals surface area contributed by atoms with Gasteiger partial charge in [-0.15, -0.1) is 0 Å². The first-order valence-electron chi connectivity index (χ1n) is 6.74. The Morgan fingerprint density at radius 1 is 1.29 bits per heavy atom. The second kappa shape index (κ2) is 6.18. The van der Waals surface area contributed by atoms with Gasteiger partial charge in [0.25, 0.3) is 0 Å². The van der Waals surface area contributed by atoms with Crippen LogP contribution in [-0.2, 0) is 0 Å². The molecule has 0 radical (unpaired) electrons. The molecular weight excluding hydrogens is 210 g/mol. The van der Waals surface area contributed by atoms with Crippen LogP contribution in [0.3, 0.4) is 0 Å². The monoisotopic (exact) mass is 233 g/mol. The number of piperidine rings is 1. The lowest BCUT2D eigenvalue weighted by Crippen LogP contribution is -2.38. The number of rotatable bonds is 4. The van der Waals surface area contributed by atoms with Crippen molar-refractivity contribution < 1.29 is 5.11 Å². The third-order valence-corrected chi connectivity index (χ3v) is 3.81. The van der Waals surface area contributed by atoms with E-state index in [9.17, 15) is 5.11 Å². The standard InChI is InChI=1S/C15H23NO/c1-13-7-5-6-11-16(13)12-10-15(17)14-8-3-2-4-9-14/h2-4,8-9,13,15,17H,5-7,10-12H2,1H3/t13-,15-/m1/s1. The molecule has 1 aromatic rings. The fourth-order valence-corrected chi connectivity index (χ4v) is 2.62. The Kier molecular flexibility index (Phi) is 4.57. The molecule has 2 heteroatoms. The Labute approximate surface area is 104 Å². The molecule has 0 unspecified atom stereocenters. The summed E-state index contributed by atoms with van der Waals surface area (Å²) in [5.74, 6) is 0. The van der Waals surface area contributed by atoms with Gasteiger partial charge in [0.15, 0.2) is 0 Å². The largest absolute Gasteiger partial charge is 0.388 e. The number of likely N-dealkylation sites (tertiary alicyclic amines) is 1. The van der Waals surface area contributed by atoms with Crippen molar-refractivity contribution in [2.45, 2.75) is 44.8 Å². The molecule has 1 aliphatic rings. The van der Waals surface area contributed by atoms with Crippen molar-refractivity contribution in [3.63, 3.8) is 0 Å². The molecule has 1 aromatic carbocycles. The van der Waals surface area contributed by atoms with Gasteiger partial charge in [0, 0.05) is 12.6 Å². The molecule has 0 bridgehead atoms. The van der Waals surface area contributed by atoms with E-state index in [4.69, 9.17) is 0 Å². The van der Waals surface area contributed by atoms with E-state index in [1.165, 1.54) is 25.8 Å². The van der Waals surface area contributed by atoms with E-state index >= 15 is 0 Å². The van der Waals surface area contributed by atoms with Crippen molar-refractivity contribution in [2.24, 2.45) is 0 Å². The molecule has 2 rings (SSSR count). The van der Waals surface area contributed by atoms with Gasteiger partial charge in [0.1, 0.15) is 0 Å². The van der Waals surface area contributed by atoms with Gasteiger partial charge in [0.05, 0.1) is 6.10 Å². The summed E-state index contributed by atoms with van der Waals surface area (Å²) in [7, 11) is 0. The molecule has 1 fully saturated rings. The Hall–Kier alpha value is -0.860. The molecule has 0 aliphatic carbocycles. The van der Waals surface area contributed by atoms with E-state index in [1.54, 1.807) is 0 Å². The summed E-state index contributed by atoms with van der Waals surface area (Å²) in [6, 6.07) is 10.7. The average molecular weight is 233 g/mol. The van der Waals surface area contributed by atoms with E-state index in [-0.39, 0.29) is 6.10 Å². The minimum atomic E-state index is -0.315. The van der Waals surface area contributed by atoms with Crippen LogP contribution in [0, 0.1) is 0 Å². The highest BCUT2D eigenvalue weighted by Crippen LogP contribution is 2.20. The molecule has 0 aromatic heterocycles. The van der Waals surface area contributed by atoms with Crippen LogP contribution in [0.1, 0.15) is 44.3 Å². The summed E-state index contributed by atoms with van der Waals surface area (Å²) in [6.07, 6.45) is 4.51. The van der Waals surface area contributed by atoms with Gasteiger partial charge in [-0.25, -0.2) is 0 Å². The smallest absolute Gasteiger partial charge is 0.0802 e. The highest BCUT2D eigenvalue weighted by molar-refractivity contribution is 5.17. The van der Waals surface area contributed by atoms with Crippen LogP contribution in [-0.4, -0.2) is 29.1 Å². The van der Waals surface area contributed by atoms with Crippen LogP contribution in [0.5, 0.6) is 0 Å². The zero-order valence-electron chi connectivity index (χ0n) is 10.7. The lowest BCUT2D eigenvalue weighted by molar-refractivity contribution is 0.109. The van der Waals surface area contributed by atoms with E-state index in [2.05, 4.69) is 11.8 Å². The van der Waals surface area contributed by atoms with Crippen molar-refractivity contribution >= 4 is 0 Å². The highest BCUT2D eigenvalue weighted by atomic mass is 16.3.